The van der Waals surface area contributed by atoms with E-state index in [1.165, 1.54) is 11.1 Å². The fourth-order valence-corrected chi connectivity index (χ4v) is 4.28. The molecule has 7 nitrogen and oxygen atoms in total. The molecule has 0 bridgehead atoms. The molecule has 154 valence electrons. The highest BCUT2D eigenvalue weighted by Gasteiger charge is 2.32. The summed E-state index contributed by atoms with van der Waals surface area (Å²) in [4.78, 5) is 29.1. The molecule has 3 heterocycles. The first-order chi connectivity index (χ1) is 14.0. The molecule has 0 radical (unpaired) electrons. The Labute approximate surface area is 171 Å². The quantitative estimate of drug-likeness (QED) is 0.759. The van der Waals surface area contributed by atoms with Gasteiger partial charge in [-0.2, -0.15) is 5.10 Å². The fraction of sp³-hybridized carbons (Fsp3) is 0.500. The maximum atomic E-state index is 12.7. The van der Waals surface area contributed by atoms with E-state index in [0.717, 1.165) is 38.2 Å². The minimum atomic E-state index is -0.542. The molecule has 1 N–H and O–H groups in total. The molecule has 1 atom stereocenters. The van der Waals surface area contributed by atoms with Crippen LogP contribution in [0.25, 0.3) is 0 Å². The van der Waals surface area contributed by atoms with Crippen molar-refractivity contribution < 1.29 is 9.59 Å². The van der Waals surface area contributed by atoms with E-state index in [1.807, 2.05) is 17.7 Å². The van der Waals surface area contributed by atoms with Crippen molar-refractivity contribution in [3.8, 4) is 0 Å². The molecule has 2 aromatic rings. The van der Waals surface area contributed by atoms with Crippen molar-refractivity contribution in [2.24, 2.45) is 0 Å². The summed E-state index contributed by atoms with van der Waals surface area (Å²) in [6.07, 6.45) is 2.36. The van der Waals surface area contributed by atoms with E-state index in [0.29, 0.717) is 25.3 Å². The second kappa shape index (κ2) is 8.37. The smallest absolute Gasteiger partial charge is 0.242 e. The van der Waals surface area contributed by atoms with Crippen molar-refractivity contribution in [2.75, 3.05) is 24.5 Å². The maximum Gasteiger partial charge on any atom is 0.242 e. The van der Waals surface area contributed by atoms with Gasteiger partial charge < -0.3 is 5.32 Å². The molecular formula is C22H29N5O2. The van der Waals surface area contributed by atoms with Crippen molar-refractivity contribution in [3.05, 3.63) is 47.2 Å². The Morgan fingerprint density at radius 2 is 2.00 bits per heavy atom. The largest absolute Gasteiger partial charge is 0.354 e. The van der Waals surface area contributed by atoms with Crippen LogP contribution in [0.3, 0.4) is 0 Å². The lowest BCUT2D eigenvalue weighted by molar-refractivity contribution is -0.126. The highest BCUT2D eigenvalue weighted by atomic mass is 16.2. The molecule has 2 aliphatic heterocycles. The molecule has 2 aliphatic rings. The molecule has 0 saturated heterocycles. The van der Waals surface area contributed by atoms with E-state index in [4.69, 9.17) is 0 Å². The molecule has 29 heavy (non-hydrogen) atoms. The summed E-state index contributed by atoms with van der Waals surface area (Å²) < 4.78 is 1.81. The van der Waals surface area contributed by atoms with Crippen LogP contribution in [0.4, 0.5) is 5.82 Å². The zero-order chi connectivity index (χ0) is 20.4. The maximum absolute atomic E-state index is 12.7. The average molecular weight is 396 g/mol. The number of amides is 2. The first kappa shape index (κ1) is 19.6. The Kier molecular flexibility index (Phi) is 5.67. The summed E-state index contributed by atoms with van der Waals surface area (Å²) in [5.74, 6) is 0.579. The lowest BCUT2D eigenvalue weighted by atomic mass is 10.00. The Hall–Kier alpha value is -2.67. The zero-order valence-corrected chi connectivity index (χ0v) is 17.2. The fourth-order valence-electron chi connectivity index (χ4n) is 4.28. The normalized spacial score (nSPS) is 17.6. The van der Waals surface area contributed by atoms with Crippen molar-refractivity contribution >= 4 is 17.6 Å². The lowest BCUT2D eigenvalue weighted by Gasteiger charge is -2.32. The highest BCUT2D eigenvalue weighted by Crippen LogP contribution is 2.24. The van der Waals surface area contributed by atoms with Crippen LogP contribution in [0.5, 0.6) is 0 Å². The van der Waals surface area contributed by atoms with Crippen LogP contribution in [0, 0.1) is 6.92 Å². The molecule has 0 unspecified atom stereocenters. The van der Waals surface area contributed by atoms with Crippen LogP contribution in [0.1, 0.15) is 36.6 Å². The molecule has 1 aromatic carbocycles. The van der Waals surface area contributed by atoms with Gasteiger partial charge >= 0.3 is 0 Å². The van der Waals surface area contributed by atoms with Gasteiger partial charge in [-0.25, -0.2) is 4.68 Å². The number of hydrogen-bond acceptors (Lipinski definition) is 4. The second-order valence-electron chi connectivity index (χ2n) is 8.00. The van der Waals surface area contributed by atoms with E-state index in [-0.39, 0.29) is 11.8 Å². The van der Waals surface area contributed by atoms with Crippen LogP contribution in [-0.4, -0.2) is 52.2 Å². The average Bonchev–Trinajstić information content (AvgIpc) is 3.10. The minimum absolute atomic E-state index is 0.0213. The van der Waals surface area contributed by atoms with Crippen molar-refractivity contribution in [2.45, 2.75) is 52.2 Å². The van der Waals surface area contributed by atoms with Crippen LogP contribution < -0.4 is 10.2 Å². The van der Waals surface area contributed by atoms with E-state index in [9.17, 15) is 9.59 Å². The number of anilines is 1. The molecule has 0 fully saturated rings. The molecule has 0 aliphatic carbocycles. The molecule has 0 saturated carbocycles. The van der Waals surface area contributed by atoms with Crippen molar-refractivity contribution in [1.82, 2.24) is 20.0 Å². The number of aryl methyl sites for hydroxylation is 2. The van der Waals surface area contributed by atoms with Gasteiger partial charge in [-0.3, -0.25) is 19.4 Å². The van der Waals surface area contributed by atoms with Crippen molar-refractivity contribution in [3.63, 3.8) is 0 Å². The molecular weight excluding hydrogens is 366 g/mol. The first-order valence-corrected chi connectivity index (χ1v) is 10.5. The molecule has 1 aromatic heterocycles. The van der Waals surface area contributed by atoms with Gasteiger partial charge in [-0.1, -0.05) is 24.3 Å². The highest BCUT2D eigenvalue weighted by molar-refractivity contribution is 6.00. The van der Waals surface area contributed by atoms with Gasteiger partial charge in [0.15, 0.2) is 0 Å². The van der Waals surface area contributed by atoms with Gasteiger partial charge in [-0.05, 0) is 37.8 Å². The van der Waals surface area contributed by atoms with Gasteiger partial charge in [0.2, 0.25) is 11.8 Å². The number of hydrogen-bond donors (Lipinski definition) is 1. The van der Waals surface area contributed by atoms with Crippen LogP contribution in [0.15, 0.2) is 30.3 Å². The number of nitrogens with one attached hydrogen (secondary N) is 1. The third-order valence-corrected chi connectivity index (χ3v) is 5.86. The van der Waals surface area contributed by atoms with E-state index >= 15 is 0 Å². The van der Waals surface area contributed by atoms with Crippen LogP contribution in [-0.2, 0) is 29.1 Å². The topological polar surface area (TPSA) is 70.5 Å². The molecule has 4 rings (SSSR count). The first-order valence-electron chi connectivity index (χ1n) is 10.5. The van der Waals surface area contributed by atoms with Gasteiger partial charge in [0.1, 0.15) is 11.9 Å². The molecule has 7 heteroatoms. The molecule has 0 spiro atoms. The van der Waals surface area contributed by atoms with Gasteiger partial charge in [0.25, 0.3) is 0 Å². The summed E-state index contributed by atoms with van der Waals surface area (Å²) in [6, 6.07) is 9.94. The standard InChI is InChI=1S/C22H29N5O2/c1-16-14-20-26(24-16)13-9-21(28)27(20)17(2)22(29)23-10-5-11-25-12-8-18-6-3-4-7-19(18)15-25/h3-4,6-7,14,17H,5,8-13,15H2,1-2H3,(H,23,29)/t17-/m0/s1. The van der Waals surface area contributed by atoms with Crippen LogP contribution >= 0.6 is 0 Å². The number of carbonyl (C=O) groups is 2. The summed E-state index contributed by atoms with van der Waals surface area (Å²) in [6.45, 7) is 7.87. The number of nitrogens with zero attached hydrogens (tertiary/aromatic N) is 4. The summed E-state index contributed by atoms with van der Waals surface area (Å²) in [5, 5.41) is 7.41. The number of aromatic nitrogens is 2. The molecule has 2 amide bonds. The van der Waals surface area contributed by atoms with Gasteiger partial charge in [-0.15, -0.1) is 0 Å². The Morgan fingerprint density at radius 1 is 1.21 bits per heavy atom. The lowest BCUT2D eigenvalue weighted by Crippen LogP contribution is -2.51. The Balaban J connectivity index is 1.26. The van der Waals surface area contributed by atoms with Crippen LogP contribution in [0.2, 0.25) is 0 Å². The summed E-state index contributed by atoms with van der Waals surface area (Å²) in [5.41, 5.74) is 3.72. The number of fused-ring (bicyclic) bond motifs is 2. The second-order valence-corrected chi connectivity index (χ2v) is 8.00. The van der Waals surface area contributed by atoms with E-state index in [1.54, 1.807) is 11.8 Å². The van der Waals surface area contributed by atoms with Crippen molar-refractivity contribution in [1.29, 1.82) is 0 Å². The predicted octanol–water partition coefficient (Wildman–Crippen LogP) is 1.88. The number of carbonyl (C=O) groups excluding carboxylic acids is 2. The zero-order valence-electron chi connectivity index (χ0n) is 17.2. The third kappa shape index (κ3) is 4.19. The Morgan fingerprint density at radius 3 is 2.83 bits per heavy atom. The summed E-state index contributed by atoms with van der Waals surface area (Å²) >= 11 is 0. The SMILES string of the molecule is Cc1cc2n(n1)CCC(=O)N2[C@@H](C)C(=O)NCCCN1CCc2ccccc2C1. The summed E-state index contributed by atoms with van der Waals surface area (Å²) in [7, 11) is 0. The van der Waals surface area contributed by atoms with E-state index in [2.05, 4.69) is 39.6 Å². The predicted molar refractivity (Wildman–Crippen MR) is 112 cm³/mol. The number of rotatable bonds is 6. The Bertz CT molecular complexity index is 906. The van der Waals surface area contributed by atoms with Gasteiger partial charge in [0.05, 0.1) is 12.2 Å². The van der Waals surface area contributed by atoms with Gasteiger partial charge in [0, 0.05) is 38.7 Å². The van der Waals surface area contributed by atoms with E-state index < -0.39 is 6.04 Å². The number of benzene rings is 1. The third-order valence-electron chi connectivity index (χ3n) is 5.86. The minimum Gasteiger partial charge on any atom is -0.354 e. The monoisotopic (exact) mass is 395 g/mol.